The number of rotatable bonds is 3. The first-order valence-electron chi connectivity index (χ1n) is 6.29. The predicted molar refractivity (Wildman–Crippen MR) is 82.2 cm³/mol. The van der Waals surface area contributed by atoms with Crippen LogP contribution in [0.25, 0.3) is 0 Å². The maximum Gasteiger partial charge on any atom is 0.252 e. The van der Waals surface area contributed by atoms with Crippen molar-refractivity contribution in [3.8, 4) is 0 Å². The van der Waals surface area contributed by atoms with Gasteiger partial charge in [-0.2, -0.15) is 4.31 Å². The minimum absolute atomic E-state index is 0.00254. The van der Waals surface area contributed by atoms with Gasteiger partial charge in [0.1, 0.15) is 4.21 Å². The van der Waals surface area contributed by atoms with Gasteiger partial charge < -0.3 is 4.90 Å². The van der Waals surface area contributed by atoms with Gasteiger partial charge in [-0.25, -0.2) is 8.42 Å². The van der Waals surface area contributed by atoms with E-state index in [2.05, 4.69) is 15.9 Å². The van der Waals surface area contributed by atoms with E-state index in [9.17, 15) is 13.2 Å². The standard InChI is InChI=1S/C12H17BrN2O3S2/c1-14(2)12(16)9-4-3-7-15(8-9)20(17,18)11-6-5-10(13)19-11/h5-6,9H,3-4,7-8H2,1-2H3/t9-/m1/s1. The molecular weight excluding hydrogens is 364 g/mol. The Bertz CT molecular complexity index is 598. The molecule has 1 aliphatic rings. The minimum atomic E-state index is -3.48. The van der Waals surface area contributed by atoms with Crippen LogP contribution in [-0.2, 0) is 14.8 Å². The van der Waals surface area contributed by atoms with Crippen LogP contribution in [0, 0.1) is 5.92 Å². The molecule has 0 aromatic carbocycles. The smallest absolute Gasteiger partial charge is 0.252 e. The van der Waals surface area contributed by atoms with Crippen molar-refractivity contribution in [3.05, 3.63) is 15.9 Å². The molecular formula is C12H17BrN2O3S2. The summed E-state index contributed by atoms with van der Waals surface area (Å²) in [6.45, 7) is 0.754. The summed E-state index contributed by atoms with van der Waals surface area (Å²) in [5, 5.41) is 0. The molecule has 2 heterocycles. The van der Waals surface area contributed by atoms with Crippen LogP contribution in [0.1, 0.15) is 12.8 Å². The van der Waals surface area contributed by atoms with Gasteiger partial charge in [-0.1, -0.05) is 0 Å². The Kier molecular flexibility index (Phi) is 4.88. The Morgan fingerprint density at radius 1 is 1.45 bits per heavy atom. The topological polar surface area (TPSA) is 57.7 Å². The monoisotopic (exact) mass is 380 g/mol. The number of hydrogen-bond acceptors (Lipinski definition) is 4. The highest BCUT2D eigenvalue weighted by atomic mass is 79.9. The molecule has 1 fully saturated rings. The first kappa shape index (κ1) is 15.9. The van der Waals surface area contributed by atoms with Crippen molar-refractivity contribution in [3.63, 3.8) is 0 Å². The van der Waals surface area contributed by atoms with Gasteiger partial charge in [0.25, 0.3) is 10.0 Å². The van der Waals surface area contributed by atoms with E-state index in [1.165, 1.54) is 20.5 Å². The number of halogens is 1. The summed E-state index contributed by atoms with van der Waals surface area (Å²) < 4.78 is 27.6. The van der Waals surface area contributed by atoms with E-state index >= 15 is 0 Å². The number of carbonyl (C=O) groups excluding carboxylic acids is 1. The van der Waals surface area contributed by atoms with E-state index < -0.39 is 10.0 Å². The van der Waals surface area contributed by atoms with Gasteiger partial charge in [-0.3, -0.25) is 4.79 Å². The molecule has 0 radical (unpaired) electrons. The fourth-order valence-electron chi connectivity index (χ4n) is 2.29. The van der Waals surface area contributed by atoms with Crippen LogP contribution in [-0.4, -0.2) is 50.7 Å². The summed E-state index contributed by atoms with van der Waals surface area (Å²) in [6, 6.07) is 3.32. The SMILES string of the molecule is CN(C)C(=O)[C@@H]1CCCN(S(=O)(=O)c2ccc(Br)s2)C1. The number of piperidine rings is 1. The van der Waals surface area contributed by atoms with Gasteiger partial charge >= 0.3 is 0 Å². The molecule has 0 aliphatic carbocycles. The average Bonchev–Trinajstić information content (AvgIpc) is 2.85. The normalized spacial score (nSPS) is 20.9. The molecule has 0 N–H and O–H groups in total. The molecule has 1 atom stereocenters. The molecule has 8 heteroatoms. The molecule has 0 saturated carbocycles. The first-order chi connectivity index (χ1) is 9.32. The van der Waals surface area contributed by atoms with Gasteiger partial charge in [0.05, 0.1) is 9.70 Å². The van der Waals surface area contributed by atoms with Gasteiger partial charge in [0, 0.05) is 27.2 Å². The lowest BCUT2D eigenvalue weighted by Gasteiger charge is -2.32. The van der Waals surface area contributed by atoms with Crippen molar-refractivity contribution in [2.45, 2.75) is 17.1 Å². The zero-order valence-electron chi connectivity index (χ0n) is 11.4. The number of amides is 1. The van der Waals surface area contributed by atoms with E-state index in [1.807, 2.05) is 0 Å². The summed E-state index contributed by atoms with van der Waals surface area (Å²) in [6.07, 6.45) is 1.47. The maximum absolute atomic E-state index is 12.5. The van der Waals surface area contributed by atoms with E-state index in [1.54, 1.807) is 26.2 Å². The quantitative estimate of drug-likeness (QED) is 0.805. The summed E-state index contributed by atoms with van der Waals surface area (Å²) >= 11 is 4.47. The molecule has 0 unspecified atom stereocenters. The fourth-order valence-corrected chi connectivity index (χ4v) is 5.98. The Labute approximate surface area is 131 Å². The predicted octanol–water partition coefficient (Wildman–Crippen LogP) is 2.00. The van der Waals surface area contributed by atoms with Crippen molar-refractivity contribution in [1.29, 1.82) is 0 Å². The van der Waals surface area contributed by atoms with Crippen molar-refractivity contribution >= 4 is 43.2 Å². The largest absolute Gasteiger partial charge is 0.349 e. The first-order valence-corrected chi connectivity index (χ1v) is 9.34. The Morgan fingerprint density at radius 2 is 2.15 bits per heavy atom. The second-order valence-corrected chi connectivity index (χ2v) is 9.62. The van der Waals surface area contributed by atoms with Crippen LogP contribution in [0.4, 0.5) is 0 Å². The van der Waals surface area contributed by atoms with Crippen molar-refractivity contribution in [2.24, 2.45) is 5.92 Å². The second kappa shape index (κ2) is 6.13. The summed E-state index contributed by atoms with van der Waals surface area (Å²) in [4.78, 5) is 13.5. The summed E-state index contributed by atoms with van der Waals surface area (Å²) in [5.74, 6) is -0.241. The van der Waals surface area contributed by atoms with Crippen LogP contribution < -0.4 is 0 Å². The van der Waals surface area contributed by atoms with E-state index in [0.717, 1.165) is 16.6 Å². The molecule has 1 aromatic rings. The number of carbonyl (C=O) groups is 1. The highest BCUT2D eigenvalue weighted by Crippen LogP contribution is 2.31. The number of thiophene rings is 1. The highest BCUT2D eigenvalue weighted by molar-refractivity contribution is 9.11. The van der Waals surface area contributed by atoms with Gasteiger partial charge in [0.2, 0.25) is 5.91 Å². The molecule has 0 spiro atoms. The lowest BCUT2D eigenvalue weighted by Crippen LogP contribution is -2.44. The van der Waals surface area contributed by atoms with Crippen molar-refractivity contribution in [1.82, 2.24) is 9.21 Å². The molecule has 1 aromatic heterocycles. The minimum Gasteiger partial charge on any atom is -0.349 e. The Hall–Kier alpha value is -0.440. The third-order valence-electron chi connectivity index (χ3n) is 3.32. The van der Waals surface area contributed by atoms with Gasteiger partial charge in [-0.15, -0.1) is 11.3 Å². The van der Waals surface area contributed by atoms with E-state index in [-0.39, 0.29) is 18.4 Å². The second-order valence-electron chi connectivity index (χ2n) is 4.99. The maximum atomic E-state index is 12.5. The van der Waals surface area contributed by atoms with Crippen LogP contribution in [0.5, 0.6) is 0 Å². The molecule has 20 heavy (non-hydrogen) atoms. The van der Waals surface area contributed by atoms with Crippen LogP contribution in [0.2, 0.25) is 0 Å². The lowest BCUT2D eigenvalue weighted by atomic mass is 9.98. The third-order valence-corrected chi connectivity index (χ3v) is 7.27. The number of hydrogen-bond donors (Lipinski definition) is 0. The Balaban J connectivity index is 2.18. The zero-order chi connectivity index (χ0) is 14.9. The highest BCUT2D eigenvalue weighted by Gasteiger charge is 2.34. The molecule has 1 saturated heterocycles. The van der Waals surface area contributed by atoms with Crippen LogP contribution in [0.15, 0.2) is 20.1 Å². The number of sulfonamides is 1. The van der Waals surface area contributed by atoms with Crippen molar-refractivity contribution in [2.75, 3.05) is 27.2 Å². The van der Waals surface area contributed by atoms with E-state index in [4.69, 9.17) is 0 Å². The van der Waals surface area contributed by atoms with E-state index in [0.29, 0.717) is 10.8 Å². The third kappa shape index (κ3) is 3.24. The van der Waals surface area contributed by atoms with Gasteiger partial charge in [0.15, 0.2) is 0 Å². The summed E-state index contributed by atoms with van der Waals surface area (Å²) in [5.41, 5.74) is 0. The lowest BCUT2D eigenvalue weighted by molar-refractivity contribution is -0.134. The van der Waals surface area contributed by atoms with Crippen molar-refractivity contribution < 1.29 is 13.2 Å². The molecule has 112 valence electrons. The van der Waals surface area contributed by atoms with Gasteiger partial charge in [-0.05, 0) is 40.9 Å². The Morgan fingerprint density at radius 3 is 2.70 bits per heavy atom. The molecule has 2 rings (SSSR count). The number of nitrogens with zero attached hydrogens (tertiary/aromatic N) is 2. The molecule has 5 nitrogen and oxygen atoms in total. The molecule has 0 bridgehead atoms. The van der Waals surface area contributed by atoms with Crippen LogP contribution in [0.3, 0.4) is 0 Å². The molecule has 1 amide bonds. The summed E-state index contributed by atoms with van der Waals surface area (Å²) in [7, 11) is -0.0811. The average molecular weight is 381 g/mol. The molecule has 1 aliphatic heterocycles. The zero-order valence-corrected chi connectivity index (χ0v) is 14.6. The van der Waals surface area contributed by atoms with Crippen LogP contribution >= 0.6 is 27.3 Å². The fraction of sp³-hybridized carbons (Fsp3) is 0.583.